The fourth-order valence-corrected chi connectivity index (χ4v) is 10.3. The lowest BCUT2D eigenvalue weighted by molar-refractivity contribution is -0.227. The second-order valence-corrected chi connectivity index (χ2v) is 15.3. The van der Waals surface area contributed by atoms with Crippen LogP contribution in [0.25, 0.3) is 0 Å². The standard InChI is InChI=1S/C32H48O7/c1-16(14-19(38-17(2)33)27-29(5,6)39-27)22-18(34)15-32(9)23(22)24(36)25(37)26-30(7)12-11-21(35)28(3,4)20(30)10-13-31(26,32)8/h16,19-20,24-27,36-37H,10-15H2,1-9H3/t16-,19-,20?,24+,25+,26+,27-,30+,31+,32+/m1/s1. The number of hydrogen-bond donors (Lipinski definition) is 2. The average molecular weight is 545 g/mol. The van der Waals surface area contributed by atoms with Gasteiger partial charge < -0.3 is 19.7 Å². The molecule has 5 aliphatic rings. The van der Waals surface area contributed by atoms with E-state index in [9.17, 15) is 24.6 Å². The van der Waals surface area contributed by atoms with Crippen molar-refractivity contribution in [2.45, 2.75) is 131 Å². The third kappa shape index (κ3) is 3.89. The van der Waals surface area contributed by atoms with Crippen LogP contribution in [0.4, 0.5) is 0 Å². The Morgan fingerprint density at radius 2 is 1.69 bits per heavy atom. The first-order valence-electron chi connectivity index (χ1n) is 14.8. The topological polar surface area (TPSA) is 113 Å². The van der Waals surface area contributed by atoms with Crippen molar-refractivity contribution in [2.24, 2.45) is 39.4 Å². The van der Waals surface area contributed by atoms with Gasteiger partial charge in [-0.1, -0.05) is 41.5 Å². The molecule has 5 rings (SSSR count). The third-order valence-corrected chi connectivity index (χ3v) is 12.3. The summed E-state index contributed by atoms with van der Waals surface area (Å²) in [4.78, 5) is 38.7. The number of carbonyl (C=O) groups excluding carboxylic acids is 3. The van der Waals surface area contributed by atoms with Crippen LogP contribution in [0.15, 0.2) is 11.1 Å². The number of esters is 1. The van der Waals surface area contributed by atoms with Crippen LogP contribution in [0.2, 0.25) is 0 Å². The van der Waals surface area contributed by atoms with Gasteiger partial charge in [0, 0.05) is 36.2 Å². The van der Waals surface area contributed by atoms with Gasteiger partial charge in [-0.15, -0.1) is 0 Å². The van der Waals surface area contributed by atoms with Crippen LogP contribution in [0, 0.1) is 39.4 Å². The van der Waals surface area contributed by atoms with Crippen LogP contribution in [-0.4, -0.2) is 57.8 Å². The second-order valence-electron chi connectivity index (χ2n) is 15.3. The van der Waals surface area contributed by atoms with E-state index in [4.69, 9.17) is 9.47 Å². The van der Waals surface area contributed by atoms with E-state index in [0.29, 0.717) is 36.8 Å². The van der Waals surface area contributed by atoms with Gasteiger partial charge in [0.15, 0.2) is 5.78 Å². The van der Waals surface area contributed by atoms with Crippen molar-refractivity contribution in [3.05, 3.63) is 11.1 Å². The normalized spacial score (nSPS) is 45.7. The van der Waals surface area contributed by atoms with Crippen LogP contribution >= 0.6 is 0 Å². The van der Waals surface area contributed by atoms with E-state index in [1.165, 1.54) is 6.92 Å². The quantitative estimate of drug-likeness (QED) is 0.385. The van der Waals surface area contributed by atoms with Crippen LogP contribution in [-0.2, 0) is 23.9 Å². The average Bonchev–Trinajstić information content (AvgIpc) is 3.34. The predicted molar refractivity (Wildman–Crippen MR) is 146 cm³/mol. The van der Waals surface area contributed by atoms with Crippen molar-refractivity contribution in [1.29, 1.82) is 0 Å². The van der Waals surface area contributed by atoms with Crippen molar-refractivity contribution < 1.29 is 34.1 Å². The van der Waals surface area contributed by atoms with Crippen molar-refractivity contribution in [1.82, 2.24) is 0 Å². The number of allylic oxidation sites excluding steroid dienone is 1. The zero-order chi connectivity index (χ0) is 29.1. The summed E-state index contributed by atoms with van der Waals surface area (Å²) >= 11 is 0. The highest BCUT2D eigenvalue weighted by Gasteiger charge is 2.72. The minimum absolute atomic E-state index is 0.0112. The van der Waals surface area contributed by atoms with Gasteiger partial charge in [0.1, 0.15) is 24.1 Å². The SMILES string of the molecule is CC(=O)O[C@H](C[C@@H](C)C1=C2[C@H](O)[C@H](O)[C@H]3[C@@]4(C)CCC(=O)C(C)(C)C4CC[C@]3(C)[C@@]2(C)CC1=O)[C@H]1OC1(C)C. The number of rotatable bonds is 5. The van der Waals surface area contributed by atoms with Gasteiger partial charge >= 0.3 is 5.97 Å². The Labute approximate surface area is 233 Å². The molecule has 1 heterocycles. The van der Waals surface area contributed by atoms with E-state index >= 15 is 0 Å². The summed E-state index contributed by atoms with van der Waals surface area (Å²) in [6.07, 6.45) is 0.596. The molecular formula is C32H48O7. The smallest absolute Gasteiger partial charge is 0.302 e. The van der Waals surface area contributed by atoms with E-state index in [2.05, 4.69) is 20.8 Å². The third-order valence-electron chi connectivity index (χ3n) is 12.3. The van der Waals surface area contributed by atoms with Crippen molar-refractivity contribution >= 4 is 17.5 Å². The maximum Gasteiger partial charge on any atom is 0.302 e. The molecule has 4 fully saturated rings. The Hall–Kier alpha value is -1.57. The summed E-state index contributed by atoms with van der Waals surface area (Å²) in [5.74, 6) is -0.500. The van der Waals surface area contributed by atoms with E-state index in [-0.39, 0.29) is 46.8 Å². The highest BCUT2D eigenvalue weighted by molar-refractivity contribution is 6.01. The monoisotopic (exact) mass is 544 g/mol. The first-order chi connectivity index (χ1) is 17.8. The number of fused-ring (bicyclic) bond motifs is 5. The molecule has 0 radical (unpaired) electrons. The molecule has 1 aliphatic heterocycles. The van der Waals surface area contributed by atoms with Crippen molar-refractivity contribution in [2.75, 3.05) is 0 Å². The van der Waals surface area contributed by atoms with Gasteiger partial charge in [-0.25, -0.2) is 0 Å². The molecule has 0 spiro atoms. The first kappa shape index (κ1) is 28.9. The summed E-state index contributed by atoms with van der Waals surface area (Å²) in [6.45, 7) is 17.9. The summed E-state index contributed by atoms with van der Waals surface area (Å²) in [7, 11) is 0. The number of ketones is 2. The molecule has 2 N–H and O–H groups in total. The molecule has 10 atom stereocenters. The fourth-order valence-electron chi connectivity index (χ4n) is 10.3. The largest absolute Gasteiger partial charge is 0.460 e. The summed E-state index contributed by atoms with van der Waals surface area (Å²) < 4.78 is 11.5. The van der Waals surface area contributed by atoms with Gasteiger partial charge in [-0.2, -0.15) is 0 Å². The Morgan fingerprint density at radius 3 is 2.26 bits per heavy atom. The summed E-state index contributed by atoms with van der Waals surface area (Å²) in [5, 5.41) is 23.8. The number of ether oxygens (including phenoxy) is 2. The minimum atomic E-state index is -1.16. The first-order valence-corrected chi connectivity index (χ1v) is 14.8. The molecule has 7 heteroatoms. The lowest BCUT2D eigenvalue weighted by atomic mass is 9.35. The molecule has 1 unspecified atom stereocenters. The molecular weight excluding hydrogens is 496 g/mol. The van der Waals surface area contributed by atoms with Crippen LogP contribution in [0.3, 0.4) is 0 Å². The number of aliphatic hydroxyl groups excluding tert-OH is 2. The second kappa shape index (κ2) is 8.72. The number of epoxide rings is 1. The molecule has 3 saturated carbocycles. The lowest BCUT2D eigenvalue weighted by Gasteiger charge is -2.69. The van der Waals surface area contributed by atoms with E-state index in [1.807, 2.05) is 34.6 Å². The van der Waals surface area contributed by atoms with E-state index < -0.39 is 40.2 Å². The summed E-state index contributed by atoms with van der Waals surface area (Å²) in [6, 6.07) is 0. The molecule has 0 aromatic heterocycles. The van der Waals surface area contributed by atoms with Gasteiger partial charge in [-0.05, 0) is 73.7 Å². The Kier molecular flexibility index (Phi) is 6.47. The van der Waals surface area contributed by atoms with Gasteiger partial charge in [0.2, 0.25) is 0 Å². The maximum absolute atomic E-state index is 13.8. The van der Waals surface area contributed by atoms with E-state index in [0.717, 1.165) is 12.8 Å². The molecule has 0 aromatic rings. The Bertz CT molecular complexity index is 1140. The molecule has 39 heavy (non-hydrogen) atoms. The van der Waals surface area contributed by atoms with Crippen LogP contribution in [0.1, 0.15) is 101 Å². The Balaban J connectivity index is 1.54. The van der Waals surface area contributed by atoms with Gasteiger partial charge in [0.25, 0.3) is 0 Å². The molecule has 1 saturated heterocycles. The number of aliphatic hydroxyl groups is 2. The molecule has 0 amide bonds. The fraction of sp³-hybridized carbons (Fsp3) is 0.844. The maximum atomic E-state index is 13.8. The van der Waals surface area contributed by atoms with Crippen LogP contribution in [0.5, 0.6) is 0 Å². The molecule has 218 valence electrons. The molecule has 0 bridgehead atoms. The van der Waals surface area contributed by atoms with Gasteiger partial charge in [-0.3, -0.25) is 14.4 Å². The summed E-state index contributed by atoms with van der Waals surface area (Å²) in [5.41, 5.74) is -0.962. The Morgan fingerprint density at radius 1 is 1.08 bits per heavy atom. The van der Waals surface area contributed by atoms with E-state index in [1.54, 1.807) is 0 Å². The highest BCUT2D eigenvalue weighted by atomic mass is 16.6. The van der Waals surface area contributed by atoms with Crippen molar-refractivity contribution in [3.8, 4) is 0 Å². The zero-order valence-corrected chi connectivity index (χ0v) is 25.2. The minimum Gasteiger partial charge on any atom is -0.460 e. The molecule has 4 aliphatic carbocycles. The predicted octanol–water partition coefficient (Wildman–Crippen LogP) is 4.56. The highest BCUT2D eigenvalue weighted by Crippen LogP contribution is 2.73. The van der Waals surface area contributed by atoms with Gasteiger partial charge in [0.05, 0.1) is 11.7 Å². The molecule has 7 nitrogen and oxygen atoms in total. The zero-order valence-electron chi connectivity index (χ0n) is 25.2. The molecule has 0 aromatic carbocycles. The van der Waals surface area contributed by atoms with Crippen molar-refractivity contribution in [3.63, 3.8) is 0 Å². The number of hydrogen-bond acceptors (Lipinski definition) is 7. The lowest BCUT2D eigenvalue weighted by Crippen LogP contribution is -2.68. The number of Topliss-reactive ketones (excluding diaryl/α,β-unsaturated/α-hetero) is 2. The number of carbonyl (C=O) groups is 3. The van der Waals surface area contributed by atoms with Crippen LogP contribution < -0.4 is 0 Å².